The van der Waals surface area contributed by atoms with Gasteiger partial charge < -0.3 is 24.3 Å². The predicted molar refractivity (Wildman–Crippen MR) is 135 cm³/mol. The van der Waals surface area contributed by atoms with Gasteiger partial charge in [0.2, 0.25) is 5.91 Å². The molecule has 1 aliphatic heterocycles. The van der Waals surface area contributed by atoms with Crippen LogP contribution < -0.4 is 5.32 Å². The van der Waals surface area contributed by atoms with Gasteiger partial charge in [-0.3, -0.25) is 19.2 Å². The molecule has 1 saturated heterocycles. The Morgan fingerprint density at radius 3 is 2.45 bits per heavy atom. The molecule has 10 nitrogen and oxygen atoms in total. The van der Waals surface area contributed by atoms with Crippen molar-refractivity contribution >= 4 is 29.8 Å². The number of fused-ring (bicyclic) bond motifs is 1. The average Bonchev–Trinajstić information content (AvgIpc) is 3.16. The van der Waals surface area contributed by atoms with E-state index in [1.54, 1.807) is 6.08 Å². The van der Waals surface area contributed by atoms with Crippen molar-refractivity contribution in [3.63, 3.8) is 0 Å². The standard InChI is InChI=1S/C28H39NO9/c1-16-7-10-23-27(5,12-11-24(37-19(4)32)28(23,6)15-36-18(3)31)21(16)9-8-20-22(14-35-26(20)34)38-25(33)13-29-17(2)30/h8,21-24H,1,7,9-15H2,2-6H3,(H,29,30)/b20-8-/t21-,22?,23?,24-,27+,28+/m1/s1. The van der Waals surface area contributed by atoms with Crippen molar-refractivity contribution in [2.75, 3.05) is 19.8 Å². The van der Waals surface area contributed by atoms with Crippen LogP contribution >= 0.6 is 0 Å². The molecular formula is C28H39NO9. The summed E-state index contributed by atoms with van der Waals surface area (Å²) in [5, 5.41) is 2.38. The minimum atomic E-state index is -0.849. The van der Waals surface area contributed by atoms with E-state index in [-0.39, 0.29) is 66.5 Å². The summed E-state index contributed by atoms with van der Waals surface area (Å²) in [6.07, 6.45) is 3.94. The molecule has 3 rings (SSSR count). The SMILES string of the molecule is C=C1CCC2[C@](C)(COC(C)=O)[C@H](OC(C)=O)CC[C@@]2(C)[C@@H]1C/C=C1\C(=O)OCC1OC(=O)CNC(C)=O. The monoisotopic (exact) mass is 533 g/mol. The van der Waals surface area contributed by atoms with Crippen molar-refractivity contribution in [1.82, 2.24) is 5.32 Å². The summed E-state index contributed by atoms with van der Waals surface area (Å²) in [6.45, 7) is 12.4. The lowest BCUT2D eigenvalue weighted by Crippen LogP contribution is -2.58. The van der Waals surface area contributed by atoms with E-state index in [2.05, 4.69) is 18.8 Å². The minimum absolute atomic E-state index is 0.00666. The third-order valence-corrected chi connectivity index (χ3v) is 8.49. The zero-order valence-corrected chi connectivity index (χ0v) is 22.9. The van der Waals surface area contributed by atoms with Crippen LogP contribution in [0.3, 0.4) is 0 Å². The molecule has 0 aromatic rings. The smallest absolute Gasteiger partial charge is 0.337 e. The maximum absolute atomic E-state index is 12.5. The number of amides is 1. The molecule has 1 amide bonds. The van der Waals surface area contributed by atoms with Crippen LogP contribution in [0.25, 0.3) is 0 Å². The summed E-state index contributed by atoms with van der Waals surface area (Å²) in [7, 11) is 0. The first-order valence-corrected chi connectivity index (χ1v) is 13.1. The highest BCUT2D eigenvalue weighted by Crippen LogP contribution is 2.62. The van der Waals surface area contributed by atoms with Crippen LogP contribution in [0.4, 0.5) is 0 Å². The molecular weight excluding hydrogens is 494 g/mol. The molecule has 1 heterocycles. The zero-order valence-electron chi connectivity index (χ0n) is 22.9. The third kappa shape index (κ3) is 6.27. The number of rotatable bonds is 8. The van der Waals surface area contributed by atoms with E-state index in [0.717, 1.165) is 24.8 Å². The molecule has 0 bridgehead atoms. The van der Waals surface area contributed by atoms with Gasteiger partial charge in [0.05, 0.1) is 5.57 Å². The molecule has 6 atom stereocenters. The highest BCUT2D eigenvalue weighted by molar-refractivity contribution is 5.92. The van der Waals surface area contributed by atoms with Gasteiger partial charge in [0.15, 0.2) is 6.10 Å². The lowest BCUT2D eigenvalue weighted by Gasteiger charge is -2.60. The zero-order chi connectivity index (χ0) is 28.3. The van der Waals surface area contributed by atoms with E-state index in [9.17, 15) is 24.0 Å². The number of carbonyl (C=O) groups excluding carboxylic acids is 5. The molecule has 0 spiro atoms. The summed E-state index contributed by atoms with van der Waals surface area (Å²) in [6, 6.07) is 0. The number of esters is 4. The quantitative estimate of drug-likeness (QED) is 0.216. The Bertz CT molecular complexity index is 1030. The van der Waals surface area contributed by atoms with Crippen molar-refractivity contribution in [1.29, 1.82) is 0 Å². The number of carbonyl (C=O) groups is 5. The van der Waals surface area contributed by atoms with Gasteiger partial charge in [-0.2, -0.15) is 0 Å². The molecule has 3 aliphatic rings. The Kier molecular flexibility index (Phi) is 9.05. The maximum Gasteiger partial charge on any atom is 0.337 e. The van der Waals surface area contributed by atoms with Crippen LogP contribution in [0.2, 0.25) is 0 Å². The van der Waals surface area contributed by atoms with E-state index in [0.29, 0.717) is 12.8 Å². The molecule has 2 saturated carbocycles. The Labute approximate surface area is 223 Å². The highest BCUT2D eigenvalue weighted by atomic mass is 16.6. The Hall–Kier alpha value is -3.17. The number of hydrogen-bond acceptors (Lipinski definition) is 9. The molecule has 3 fully saturated rings. The van der Waals surface area contributed by atoms with E-state index >= 15 is 0 Å². The van der Waals surface area contributed by atoms with Gasteiger partial charge in [-0.1, -0.05) is 32.1 Å². The molecule has 0 aromatic carbocycles. The largest absolute Gasteiger partial charge is 0.465 e. The highest BCUT2D eigenvalue weighted by Gasteiger charge is 2.59. The molecule has 210 valence electrons. The molecule has 2 aliphatic carbocycles. The fraction of sp³-hybridized carbons (Fsp3) is 0.679. The van der Waals surface area contributed by atoms with Crippen LogP contribution in [0.1, 0.15) is 66.7 Å². The Balaban J connectivity index is 1.84. The van der Waals surface area contributed by atoms with Crippen molar-refractivity contribution in [3.8, 4) is 0 Å². The topological polar surface area (TPSA) is 134 Å². The van der Waals surface area contributed by atoms with E-state index in [1.807, 2.05) is 6.92 Å². The van der Waals surface area contributed by atoms with Gasteiger partial charge in [0.25, 0.3) is 0 Å². The normalized spacial score (nSPS) is 33.7. The second-order valence-electron chi connectivity index (χ2n) is 11.1. The third-order valence-electron chi connectivity index (χ3n) is 8.49. The number of allylic oxidation sites excluding steroid dienone is 2. The first-order chi connectivity index (χ1) is 17.8. The van der Waals surface area contributed by atoms with Crippen LogP contribution in [0.5, 0.6) is 0 Å². The first kappa shape index (κ1) is 29.4. The van der Waals surface area contributed by atoms with Crippen LogP contribution in [-0.4, -0.2) is 61.8 Å². The van der Waals surface area contributed by atoms with Crippen molar-refractivity contribution < 1.29 is 42.9 Å². The average molecular weight is 534 g/mol. The fourth-order valence-electron chi connectivity index (χ4n) is 6.66. The molecule has 0 radical (unpaired) electrons. The number of hydrogen-bond donors (Lipinski definition) is 1. The second-order valence-corrected chi connectivity index (χ2v) is 11.1. The molecule has 0 aromatic heterocycles. The predicted octanol–water partition coefficient (Wildman–Crippen LogP) is 2.79. The molecule has 10 heteroatoms. The Morgan fingerprint density at radius 1 is 1.11 bits per heavy atom. The van der Waals surface area contributed by atoms with Crippen molar-refractivity contribution in [2.45, 2.75) is 78.9 Å². The van der Waals surface area contributed by atoms with Gasteiger partial charge in [-0.15, -0.1) is 0 Å². The van der Waals surface area contributed by atoms with Crippen LogP contribution in [0.15, 0.2) is 23.8 Å². The summed E-state index contributed by atoms with van der Waals surface area (Å²) >= 11 is 0. The van der Waals surface area contributed by atoms with Gasteiger partial charge in [0.1, 0.15) is 25.9 Å². The Morgan fingerprint density at radius 2 is 1.82 bits per heavy atom. The number of ether oxygens (including phenoxy) is 4. The van der Waals surface area contributed by atoms with Gasteiger partial charge in [-0.05, 0) is 49.4 Å². The summed E-state index contributed by atoms with van der Waals surface area (Å²) in [5.41, 5.74) is 0.477. The van der Waals surface area contributed by atoms with Crippen molar-refractivity contribution in [2.24, 2.45) is 22.7 Å². The van der Waals surface area contributed by atoms with E-state index in [4.69, 9.17) is 18.9 Å². The summed E-state index contributed by atoms with van der Waals surface area (Å²) in [5.74, 6) is -2.26. The maximum atomic E-state index is 12.5. The summed E-state index contributed by atoms with van der Waals surface area (Å²) < 4.78 is 21.8. The molecule has 1 N–H and O–H groups in total. The lowest BCUT2D eigenvalue weighted by molar-refractivity contribution is -0.191. The van der Waals surface area contributed by atoms with E-state index in [1.165, 1.54) is 20.8 Å². The van der Waals surface area contributed by atoms with Gasteiger partial charge in [0, 0.05) is 26.2 Å². The fourth-order valence-corrected chi connectivity index (χ4v) is 6.66. The number of cyclic esters (lactones) is 1. The van der Waals surface area contributed by atoms with Crippen LogP contribution in [-0.2, 0) is 42.9 Å². The second kappa shape index (κ2) is 11.7. The molecule has 38 heavy (non-hydrogen) atoms. The summed E-state index contributed by atoms with van der Waals surface area (Å²) in [4.78, 5) is 59.3. The molecule has 2 unspecified atom stereocenters. The minimum Gasteiger partial charge on any atom is -0.465 e. The van der Waals surface area contributed by atoms with Gasteiger partial charge in [-0.25, -0.2) is 4.79 Å². The lowest BCUT2D eigenvalue weighted by atomic mass is 9.46. The van der Waals surface area contributed by atoms with E-state index < -0.39 is 23.5 Å². The van der Waals surface area contributed by atoms with Gasteiger partial charge >= 0.3 is 23.9 Å². The van der Waals surface area contributed by atoms with Crippen molar-refractivity contribution in [3.05, 3.63) is 23.8 Å². The number of nitrogens with one attached hydrogen (secondary N) is 1. The van der Waals surface area contributed by atoms with Crippen LogP contribution in [0, 0.1) is 22.7 Å². The first-order valence-electron chi connectivity index (χ1n) is 13.1.